The topological polar surface area (TPSA) is 67.5 Å². The molecule has 1 radical (unpaired) electrons. The largest absolute Gasteiger partial charge is 0.285 e. The zero-order valence-electron chi connectivity index (χ0n) is 5.94. The third-order valence-electron chi connectivity index (χ3n) is 1.31. The van der Waals surface area contributed by atoms with Crippen molar-refractivity contribution in [2.75, 3.05) is 0 Å². The van der Waals surface area contributed by atoms with E-state index in [1.807, 2.05) is 0 Å². The molecule has 1 aromatic rings. The maximum absolute atomic E-state index is 4.07. The predicted molar refractivity (Wildman–Crippen MR) is 40.4 cm³/mol. The second kappa shape index (κ2) is 2.19. The Morgan fingerprint density at radius 2 is 2.27 bits per heavy atom. The summed E-state index contributed by atoms with van der Waals surface area (Å²) < 4.78 is 0. The molecule has 0 bridgehead atoms. The fourth-order valence-electron chi connectivity index (χ4n) is 0.813. The van der Waals surface area contributed by atoms with Crippen LogP contribution in [0.5, 0.6) is 0 Å². The Morgan fingerprint density at radius 1 is 1.36 bits per heavy atom. The summed E-state index contributed by atoms with van der Waals surface area (Å²) in [5, 5.41) is 18.1. The van der Waals surface area contributed by atoms with Crippen molar-refractivity contribution in [2.45, 2.75) is 6.92 Å². The Kier molecular flexibility index (Phi) is 1.21. The van der Waals surface area contributed by atoms with Crippen LogP contribution in [0.25, 0.3) is 0 Å². The van der Waals surface area contributed by atoms with Crippen molar-refractivity contribution in [1.29, 1.82) is 0 Å². The molecule has 5 heteroatoms. The van der Waals surface area contributed by atoms with Gasteiger partial charge in [0.05, 0.1) is 11.8 Å². The van der Waals surface area contributed by atoms with Gasteiger partial charge in [-0.25, -0.2) is 5.32 Å². The minimum Gasteiger partial charge on any atom is -0.285 e. The van der Waals surface area contributed by atoms with E-state index in [0.29, 0.717) is 11.7 Å². The monoisotopic (exact) mass is 148 g/mol. The second-order valence-electron chi connectivity index (χ2n) is 2.17. The molecule has 55 valence electrons. The summed E-state index contributed by atoms with van der Waals surface area (Å²) in [6, 6.07) is 0. The van der Waals surface area contributed by atoms with Crippen LogP contribution in [0.3, 0.4) is 0 Å². The average molecular weight is 148 g/mol. The van der Waals surface area contributed by atoms with Gasteiger partial charge >= 0.3 is 0 Å². The molecule has 0 saturated carbocycles. The van der Waals surface area contributed by atoms with E-state index in [9.17, 15) is 0 Å². The predicted octanol–water partition coefficient (Wildman–Crippen LogP) is 0.108. The number of H-pyrrole nitrogens is 1. The van der Waals surface area contributed by atoms with Gasteiger partial charge < -0.3 is 0 Å². The van der Waals surface area contributed by atoms with Crippen molar-refractivity contribution in [1.82, 2.24) is 15.5 Å². The number of hydrogen-bond donors (Lipinski definition) is 1. The van der Waals surface area contributed by atoms with Crippen LogP contribution in [0, 0.1) is 0 Å². The summed E-state index contributed by atoms with van der Waals surface area (Å²) in [6.07, 6.45) is 3.40. The van der Waals surface area contributed by atoms with E-state index in [0.717, 1.165) is 5.56 Å². The smallest absolute Gasteiger partial charge is 0.186 e. The summed E-state index contributed by atoms with van der Waals surface area (Å²) in [6.45, 7) is 1.80. The number of amidine groups is 2. The normalized spacial score (nSPS) is 15.7. The van der Waals surface area contributed by atoms with Gasteiger partial charge in [0, 0.05) is 6.20 Å². The highest BCUT2D eigenvalue weighted by Gasteiger charge is 2.11. The summed E-state index contributed by atoms with van der Waals surface area (Å²) >= 11 is 0. The highest BCUT2D eigenvalue weighted by Crippen LogP contribution is 2.01. The summed E-state index contributed by atoms with van der Waals surface area (Å²) in [4.78, 5) is 0. The van der Waals surface area contributed by atoms with Gasteiger partial charge in [-0.2, -0.15) is 5.10 Å². The van der Waals surface area contributed by atoms with Gasteiger partial charge in [0.15, 0.2) is 5.84 Å². The molecule has 0 saturated heterocycles. The lowest BCUT2D eigenvalue weighted by molar-refractivity contribution is 1.09. The fraction of sp³-hybridized carbons (Fsp3) is 0.167. The molecule has 5 nitrogen and oxygen atoms in total. The quantitative estimate of drug-likeness (QED) is 0.603. The molecule has 0 fully saturated rings. The molecule has 1 aliphatic heterocycles. The maximum atomic E-state index is 4.07. The molecular weight excluding hydrogens is 142 g/mol. The van der Waals surface area contributed by atoms with Crippen LogP contribution in [0.4, 0.5) is 0 Å². The molecule has 1 aromatic heterocycles. The van der Waals surface area contributed by atoms with Crippen LogP contribution in [0.1, 0.15) is 12.5 Å². The Balaban J connectivity index is 2.23. The number of rotatable bonds is 1. The Labute approximate surface area is 63.2 Å². The second-order valence-corrected chi connectivity index (χ2v) is 2.17. The van der Waals surface area contributed by atoms with Crippen molar-refractivity contribution < 1.29 is 0 Å². The highest BCUT2D eigenvalue weighted by molar-refractivity contribution is 6.10. The van der Waals surface area contributed by atoms with Crippen molar-refractivity contribution in [3.63, 3.8) is 0 Å². The molecule has 2 rings (SSSR count). The first-order valence-electron chi connectivity index (χ1n) is 3.19. The van der Waals surface area contributed by atoms with E-state index in [1.165, 1.54) is 0 Å². The van der Waals surface area contributed by atoms with Gasteiger partial charge in [0.2, 0.25) is 0 Å². The van der Waals surface area contributed by atoms with E-state index in [1.54, 1.807) is 19.3 Å². The van der Waals surface area contributed by atoms with Crippen LogP contribution in [0.15, 0.2) is 22.6 Å². The molecule has 0 atom stereocenters. The molecule has 0 aliphatic carbocycles. The molecule has 0 unspecified atom stereocenters. The van der Waals surface area contributed by atoms with E-state index in [2.05, 4.69) is 25.7 Å². The first-order valence-corrected chi connectivity index (χ1v) is 3.19. The number of hydrogen-bond acceptors (Lipinski definition) is 3. The lowest BCUT2D eigenvalue weighted by Crippen LogP contribution is -2.15. The van der Waals surface area contributed by atoms with Crippen LogP contribution in [-0.2, 0) is 0 Å². The van der Waals surface area contributed by atoms with Gasteiger partial charge in [-0.1, -0.05) is 0 Å². The molecule has 1 aliphatic rings. The lowest BCUT2D eigenvalue weighted by Gasteiger charge is -1.91. The molecule has 0 aromatic carbocycles. The van der Waals surface area contributed by atoms with Crippen molar-refractivity contribution in [2.24, 2.45) is 10.2 Å². The van der Waals surface area contributed by atoms with E-state index in [-0.39, 0.29) is 0 Å². The number of nitrogens with zero attached hydrogens (tertiary/aromatic N) is 4. The number of aromatic nitrogens is 2. The van der Waals surface area contributed by atoms with E-state index in [4.69, 9.17) is 0 Å². The van der Waals surface area contributed by atoms with E-state index < -0.39 is 0 Å². The van der Waals surface area contributed by atoms with Crippen LogP contribution in [-0.4, -0.2) is 21.9 Å². The first-order chi connectivity index (χ1) is 5.36. The molecular formula is C6H6N5. The van der Waals surface area contributed by atoms with Crippen molar-refractivity contribution >= 4 is 11.7 Å². The highest BCUT2D eigenvalue weighted by atomic mass is 15.3. The Morgan fingerprint density at radius 3 is 2.82 bits per heavy atom. The van der Waals surface area contributed by atoms with Gasteiger partial charge in [-0.15, -0.1) is 10.2 Å². The average Bonchev–Trinajstić information content (AvgIpc) is 2.55. The molecule has 0 spiro atoms. The zero-order valence-corrected chi connectivity index (χ0v) is 5.94. The first kappa shape index (κ1) is 6.09. The van der Waals surface area contributed by atoms with Crippen molar-refractivity contribution in [3.8, 4) is 0 Å². The van der Waals surface area contributed by atoms with Crippen LogP contribution < -0.4 is 5.32 Å². The Hall–Kier alpha value is -1.65. The summed E-state index contributed by atoms with van der Waals surface area (Å²) in [7, 11) is 0. The third-order valence-corrected chi connectivity index (χ3v) is 1.31. The van der Waals surface area contributed by atoms with Crippen LogP contribution in [0.2, 0.25) is 0 Å². The fourth-order valence-corrected chi connectivity index (χ4v) is 0.813. The molecule has 11 heavy (non-hydrogen) atoms. The standard InChI is InChI=1S/C6H6N5/c1-4-9-6(11-10-4)5-2-7-8-3-5/h2-3H,1H3,(H,7,8). The SMILES string of the molecule is CC1=NN=C(c2cn[nH]c2)[N]1. The van der Waals surface area contributed by atoms with Crippen LogP contribution >= 0.6 is 0 Å². The molecule has 1 N–H and O–H groups in total. The minimum atomic E-state index is 0.622. The van der Waals surface area contributed by atoms with Crippen molar-refractivity contribution in [3.05, 3.63) is 18.0 Å². The van der Waals surface area contributed by atoms with Gasteiger partial charge in [-0.05, 0) is 6.92 Å². The van der Waals surface area contributed by atoms with E-state index >= 15 is 0 Å². The summed E-state index contributed by atoms with van der Waals surface area (Å²) in [5.74, 6) is 1.30. The van der Waals surface area contributed by atoms with Gasteiger partial charge in [-0.3, -0.25) is 5.10 Å². The van der Waals surface area contributed by atoms with Gasteiger partial charge in [0.1, 0.15) is 5.84 Å². The minimum absolute atomic E-state index is 0.622. The zero-order chi connectivity index (χ0) is 7.68. The number of nitrogens with one attached hydrogen (secondary N) is 1. The molecule has 0 amide bonds. The summed E-state index contributed by atoms with van der Waals surface area (Å²) in [5.41, 5.74) is 0.866. The molecule has 2 heterocycles. The Bertz CT molecular complexity index is 308. The van der Waals surface area contributed by atoms with Gasteiger partial charge in [0.25, 0.3) is 0 Å². The lowest BCUT2D eigenvalue weighted by atomic mass is 10.3. The maximum Gasteiger partial charge on any atom is 0.186 e. The number of aromatic amines is 1. The third kappa shape index (κ3) is 1.000.